The first kappa shape index (κ1) is 17.6. The Morgan fingerprint density at radius 2 is 2.04 bits per heavy atom. The molecule has 0 aliphatic heterocycles. The second-order valence-corrected chi connectivity index (χ2v) is 5.86. The van der Waals surface area contributed by atoms with E-state index in [1.165, 1.54) is 18.2 Å². The van der Waals surface area contributed by atoms with Crippen LogP contribution in [-0.4, -0.2) is 33.0 Å². The van der Waals surface area contributed by atoms with Gasteiger partial charge in [-0.25, -0.2) is 9.37 Å². The van der Waals surface area contributed by atoms with Gasteiger partial charge in [-0.3, -0.25) is 4.98 Å². The molecule has 2 heterocycles. The molecule has 0 aliphatic carbocycles. The number of fused-ring (bicyclic) bond motifs is 1. The Bertz CT molecular complexity index is 931. The summed E-state index contributed by atoms with van der Waals surface area (Å²) in [6.07, 6.45) is 5.32. The molecule has 3 rings (SSSR count). The zero-order chi connectivity index (χ0) is 18.4. The van der Waals surface area contributed by atoms with Crippen molar-refractivity contribution in [2.24, 2.45) is 5.16 Å². The van der Waals surface area contributed by atoms with E-state index in [2.05, 4.69) is 20.4 Å². The summed E-state index contributed by atoms with van der Waals surface area (Å²) in [4.78, 5) is 8.47. The highest BCUT2D eigenvalue weighted by atomic mass is 19.1. The van der Waals surface area contributed by atoms with Crippen molar-refractivity contribution in [1.29, 1.82) is 0 Å². The molecule has 0 spiro atoms. The molecule has 0 aliphatic rings. The molecule has 6 nitrogen and oxygen atoms in total. The molecule has 0 saturated carbocycles. The predicted octanol–water partition coefficient (Wildman–Crippen LogP) is 3.72. The van der Waals surface area contributed by atoms with E-state index in [1.807, 2.05) is 6.07 Å². The van der Waals surface area contributed by atoms with Crippen LogP contribution in [0.25, 0.3) is 10.9 Å². The van der Waals surface area contributed by atoms with Crippen molar-refractivity contribution in [1.82, 2.24) is 9.97 Å². The Balaban J connectivity index is 1.54. The molecule has 0 saturated heterocycles. The van der Waals surface area contributed by atoms with E-state index in [1.54, 1.807) is 18.3 Å². The molecule has 3 N–H and O–H groups in total. The molecule has 0 atom stereocenters. The fraction of sp³-hybridized carbons (Fsp3) is 0.211. The molecule has 0 radical (unpaired) electrons. The van der Waals surface area contributed by atoms with Crippen LogP contribution < -0.4 is 5.32 Å². The minimum absolute atomic E-state index is 0.0231. The number of nitrogens with one attached hydrogen (secondary N) is 1. The van der Waals surface area contributed by atoms with Gasteiger partial charge in [0.2, 0.25) is 0 Å². The average Bonchev–Trinajstić information content (AvgIpc) is 2.64. The number of oxime groups is 1. The van der Waals surface area contributed by atoms with Crippen molar-refractivity contribution in [2.45, 2.75) is 19.3 Å². The topological polar surface area (TPSA) is 90.6 Å². The van der Waals surface area contributed by atoms with Crippen LogP contribution in [-0.2, 0) is 6.42 Å². The van der Waals surface area contributed by atoms with Crippen LogP contribution in [0.2, 0.25) is 0 Å². The van der Waals surface area contributed by atoms with E-state index in [4.69, 9.17) is 5.21 Å². The van der Waals surface area contributed by atoms with Crippen LogP contribution in [0.4, 0.5) is 10.1 Å². The van der Waals surface area contributed by atoms with Crippen molar-refractivity contribution < 1.29 is 14.7 Å². The lowest BCUT2D eigenvalue weighted by molar-refractivity contribution is 0.321. The maximum absolute atomic E-state index is 13.5. The zero-order valence-corrected chi connectivity index (χ0v) is 14.1. The van der Waals surface area contributed by atoms with Gasteiger partial charge in [-0.2, -0.15) is 0 Å². The second-order valence-electron chi connectivity index (χ2n) is 5.86. The molecule has 3 aromatic rings. The molecular weight excluding hydrogens is 335 g/mol. The highest BCUT2D eigenvalue weighted by molar-refractivity contribution is 5.90. The van der Waals surface area contributed by atoms with Crippen LogP contribution >= 0.6 is 0 Å². The van der Waals surface area contributed by atoms with Gasteiger partial charge >= 0.3 is 0 Å². The van der Waals surface area contributed by atoms with E-state index in [0.29, 0.717) is 0 Å². The summed E-state index contributed by atoms with van der Waals surface area (Å²) in [6.45, 7) is 0.735. The van der Waals surface area contributed by atoms with Gasteiger partial charge in [-0.15, -0.1) is 0 Å². The number of anilines is 1. The molecule has 0 bridgehead atoms. The first-order chi connectivity index (χ1) is 12.7. The molecule has 0 unspecified atom stereocenters. The Morgan fingerprint density at radius 3 is 2.88 bits per heavy atom. The van der Waals surface area contributed by atoms with E-state index in [9.17, 15) is 9.50 Å². The minimum atomic E-state index is -0.283. The molecule has 134 valence electrons. The number of rotatable bonds is 7. The third-order valence-electron chi connectivity index (χ3n) is 4.02. The number of pyridine rings is 2. The van der Waals surface area contributed by atoms with E-state index < -0.39 is 0 Å². The summed E-state index contributed by atoms with van der Waals surface area (Å²) in [6, 6.07) is 9.67. The van der Waals surface area contributed by atoms with Crippen molar-refractivity contribution in [3.8, 4) is 5.75 Å². The Kier molecular flexibility index (Phi) is 5.58. The summed E-state index contributed by atoms with van der Waals surface area (Å²) in [5.41, 5.74) is 2.67. The summed E-state index contributed by atoms with van der Waals surface area (Å²) < 4.78 is 13.5. The monoisotopic (exact) mass is 354 g/mol. The van der Waals surface area contributed by atoms with Gasteiger partial charge in [-0.1, -0.05) is 5.16 Å². The van der Waals surface area contributed by atoms with Gasteiger partial charge in [0.1, 0.15) is 17.3 Å². The number of hydrogen-bond acceptors (Lipinski definition) is 6. The maximum Gasteiger partial charge on any atom is 0.142 e. The number of aromatic nitrogens is 2. The smallest absolute Gasteiger partial charge is 0.142 e. The molecule has 7 heteroatoms. The van der Waals surface area contributed by atoms with Crippen molar-refractivity contribution in [3.63, 3.8) is 0 Å². The minimum Gasteiger partial charge on any atom is -0.506 e. The van der Waals surface area contributed by atoms with Gasteiger partial charge in [0.05, 0.1) is 11.7 Å². The predicted molar refractivity (Wildman–Crippen MR) is 98.4 cm³/mol. The molecule has 0 fully saturated rings. The second kappa shape index (κ2) is 8.24. The number of nitrogens with zero attached hydrogens (tertiary/aromatic N) is 3. The highest BCUT2D eigenvalue weighted by Crippen LogP contribution is 2.22. The van der Waals surface area contributed by atoms with Crippen molar-refractivity contribution in [2.75, 3.05) is 11.9 Å². The third kappa shape index (κ3) is 4.24. The zero-order valence-electron chi connectivity index (χ0n) is 14.1. The van der Waals surface area contributed by atoms with Crippen LogP contribution in [0.3, 0.4) is 0 Å². The van der Waals surface area contributed by atoms with E-state index >= 15 is 0 Å². The summed E-state index contributed by atoms with van der Waals surface area (Å²) in [5, 5.41) is 25.1. The quantitative estimate of drug-likeness (QED) is 0.260. The highest BCUT2D eigenvalue weighted by Gasteiger charge is 2.05. The molecular formula is C19H19FN4O2. The standard InChI is InChI=1S/C19H19FN4O2/c20-13-4-6-16-15(11-13)17(8-10-22-16)21-9-2-1-3-14-5-7-19(25)18(24-14)12-23-26/h4-8,10-12,25-26H,1-3,9H2,(H,21,22). The van der Waals surface area contributed by atoms with Crippen molar-refractivity contribution in [3.05, 3.63) is 59.8 Å². The lowest BCUT2D eigenvalue weighted by Gasteiger charge is -2.09. The van der Waals surface area contributed by atoms with Crippen molar-refractivity contribution >= 4 is 22.8 Å². The lowest BCUT2D eigenvalue weighted by atomic mass is 10.1. The van der Waals surface area contributed by atoms with Gasteiger partial charge in [0, 0.05) is 29.5 Å². The molecule has 1 aromatic carbocycles. The summed E-state index contributed by atoms with van der Waals surface area (Å²) >= 11 is 0. The SMILES string of the molecule is ON=Cc1nc(CCCCNc2ccnc3ccc(F)cc23)ccc1O. The molecule has 0 amide bonds. The number of aryl methyl sites for hydroxylation is 1. The molecule has 26 heavy (non-hydrogen) atoms. The fourth-order valence-electron chi connectivity index (χ4n) is 2.73. The first-order valence-corrected chi connectivity index (χ1v) is 8.32. The largest absolute Gasteiger partial charge is 0.506 e. The fourth-order valence-corrected chi connectivity index (χ4v) is 2.73. The number of aromatic hydroxyl groups is 1. The first-order valence-electron chi connectivity index (χ1n) is 8.32. The molecule has 2 aromatic heterocycles. The number of benzene rings is 1. The Hall–Kier alpha value is -3.22. The van der Waals surface area contributed by atoms with E-state index in [0.717, 1.165) is 54.3 Å². The maximum atomic E-state index is 13.5. The van der Waals surface area contributed by atoms with E-state index in [-0.39, 0.29) is 17.3 Å². The third-order valence-corrected chi connectivity index (χ3v) is 4.02. The normalized spacial score (nSPS) is 11.3. The van der Waals surface area contributed by atoms with Gasteiger partial charge < -0.3 is 15.6 Å². The average molecular weight is 354 g/mol. The number of unbranched alkanes of at least 4 members (excludes halogenated alkanes) is 1. The van der Waals surface area contributed by atoms with Crippen LogP contribution in [0.5, 0.6) is 5.75 Å². The Labute approximate surface area is 150 Å². The van der Waals surface area contributed by atoms with Crippen LogP contribution in [0.1, 0.15) is 24.2 Å². The number of hydrogen-bond donors (Lipinski definition) is 3. The van der Waals surface area contributed by atoms with Gasteiger partial charge in [0.15, 0.2) is 0 Å². The Morgan fingerprint density at radius 1 is 1.15 bits per heavy atom. The number of halogens is 1. The van der Waals surface area contributed by atoms with Gasteiger partial charge in [-0.05, 0) is 55.7 Å². The summed E-state index contributed by atoms with van der Waals surface area (Å²) in [5.74, 6) is -0.306. The lowest BCUT2D eigenvalue weighted by Crippen LogP contribution is -2.04. The van der Waals surface area contributed by atoms with Crippen LogP contribution in [0.15, 0.2) is 47.8 Å². The summed E-state index contributed by atoms with van der Waals surface area (Å²) in [7, 11) is 0. The van der Waals surface area contributed by atoms with Gasteiger partial charge in [0.25, 0.3) is 0 Å². The van der Waals surface area contributed by atoms with Crippen LogP contribution in [0, 0.1) is 5.82 Å².